The summed E-state index contributed by atoms with van der Waals surface area (Å²) in [7, 11) is 0. The van der Waals surface area contributed by atoms with E-state index in [0.29, 0.717) is 17.7 Å². The number of rotatable bonds is 6. The quantitative estimate of drug-likeness (QED) is 0.719. The number of nitrogens with zero attached hydrogens (tertiary/aromatic N) is 3. The van der Waals surface area contributed by atoms with Gasteiger partial charge in [-0.1, -0.05) is 0 Å². The molecule has 7 nitrogen and oxygen atoms in total. The van der Waals surface area contributed by atoms with Crippen molar-refractivity contribution in [3.8, 4) is 5.69 Å². The third kappa shape index (κ3) is 3.77. The molecule has 25 heavy (non-hydrogen) atoms. The van der Waals surface area contributed by atoms with Gasteiger partial charge in [0.05, 0.1) is 29.4 Å². The lowest BCUT2D eigenvalue weighted by Gasteiger charge is -2.16. The molecule has 7 heteroatoms. The Kier molecular flexibility index (Phi) is 4.95. The van der Waals surface area contributed by atoms with Crippen molar-refractivity contribution >= 4 is 5.91 Å². The van der Waals surface area contributed by atoms with Crippen LogP contribution in [0, 0.1) is 6.92 Å². The first-order chi connectivity index (χ1) is 12.1. The summed E-state index contributed by atoms with van der Waals surface area (Å²) in [5.74, 6) is 0.264. The van der Waals surface area contributed by atoms with E-state index >= 15 is 0 Å². The first-order valence-electron chi connectivity index (χ1n) is 8.03. The van der Waals surface area contributed by atoms with Crippen molar-refractivity contribution in [1.82, 2.24) is 20.1 Å². The molecule has 130 valence electrons. The van der Waals surface area contributed by atoms with Crippen LogP contribution in [0.3, 0.4) is 0 Å². The van der Waals surface area contributed by atoms with Gasteiger partial charge in [-0.3, -0.25) is 9.78 Å². The molecule has 1 amide bonds. The van der Waals surface area contributed by atoms with E-state index < -0.39 is 6.10 Å². The molecule has 0 radical (unpaired) electrons. The maximum Gasteiger partial charge on any atom is 0.254 e. The predicted octanol–water partition coefficient (Wildman–Crippen LogP) is 2.41. The summed E-state index contributed by atoms with van der Waals surface area (Å²) in [4.78, 5) is 16.5. The van der Waals surface area contributed by atoms with E-state index in [4.69, 9.17) is 4.42 Å². The van der Waals surface area contributed by atoms with Gasteiger partial charge in [0, 0.05) is 24.9 Å². The van der Waals surface area contributed by atoms with Gasteiger partial charge in [-0.15, -0.1) is 0 Å². The number of hydrogen-bond acceptors (Lipinski definition) is 5. The van der Waals surface area contributed by atoms with Crippen molar-refractivity contribution in [2.24, 2.45) is 0 Å². The summed E-state index contributed by atoms with van der Waals surface area (Å²) in [5.41, 5.74) is 2.08. The van der Waals surface area contributed by atoms with Crippen LogP contribution >= 0.6 is 0 Å². The summed E-state index contributed by atoms with van der Waals surface area (Å²) in [6.07, 6.45) is 6.00. The second-order valence-corrected chi connectivity index (χ2v) is 5.90. The topological polar surface area (TPSA) is 93.2 Å². The van der Waals surface area contributed by atoms with E-state index in [2.05, 4.69) is 15.4 Å². The fourth-order valence-corrected chi connectivity index (χ4v) is 2.67. The van der Waals surface area contributed by atoms with Crippen molar-refractivity contribution in [2.75, 3.05) is 0 Å². The van der Waals surface area contributed by atoms with Crippen molar-refractivity contribution in [1.29, 1.82) is 0 Å². The molecule has 3 aromatic heterocycles. The third-order valence-electron chi connectivity index (χ3n) is 3.99. The maximum absolute atomic E-state index is 12.5. The molecule has 0 bridgehead atoms. The Morgan fingerprint density at radius 3 is 2.80 bits per heavy atom. The second-order valence-electron chi connectivity index (χ2n) is 5.90. The number of hydrogen-bond donors (Lipinski definition) is 2. The van der Waals surface area contributed by atoms with Crippen molar-refractivity contribution in [3.05, 3.63) is 66.1 Å². The van der Waals surface area contributed by atoms with Crippen LogP contribution in [-0.4, -0.2) is 31.8 Å². The number of carbonyl (C=O) groups excluding carboxylic acids is 1. The Hall–Kier alpha value is -2.93. The summed E-state index contributed by atoms with van der Waals surface area (Å²) < 4.78 is 6.87. The number of nitrogens with one attached hydrogen (secondary N) is 1. The molecule has 3 aromatic rings. The van der Waals surface area contributed by atoms with Gasteiger partial charge in [0.1, 0.15) is 11.9 Å². The van der Waals surface area contributed by atoms with Gasteiger partial charge < -0.3 is 14.8 Å². The minimum atomic E-state index is -0.758. The van der Waals surface area contributed by atoms with Crippen LogP contribution in [0.15, 0.2) is 53.5 Å². The molecule has 0 aromatic carbocycles. The highest BCUT2D eigenvalue weighted by molar-refractivity contribution is 5.95. The van der Waals surface area contributed by atoms with E-state index in [1.54, 1.807) is 35.4 Å². The highest BCUT2D eigenvalue weighted by Crippen LogP contribution is 2.19. The molecule has 3 rings (SSSR count). The molecular formula is C18H20N4O3. The Labute approximate surface area is 145 Å². The summed E-state index contributed by atoms with van der Waals surface area (Å²) in [6.45, 7) is 3.68. The summed E-state index contributed by atoms with van der Waals surface area (Å²) in [6, 6.07) is 6.85. The van der Waals surface area contributed by atoms with Gasteiger partial charge in [0.2, 0.25) is 0 Å². The van der Waals surface area contributed by atoms with Crippen molar-refractivity contribution in [2.45, 2.75) is 32.4 Å². The molecule has 2 unspecified atom stereocenters. The predicted molar refractivity (Wildman–Crippen MR) is 91.3 cm³/mol. The Morgan fingerprint density at radius 2 is 2.12 bits per heavy atom. The average molecular weight is 340 g/mol. The van der Waals surface area contributed by atoms with Crippen LogP contribution < -0.4 is 5.32 Å². The third-order valence-corrected chi connectivity index (χ3v) is 3.99. The van der Waals surface area contributed by atoms with Crippen LogP contribution in [0.1, 0.15) is 41.3 Å². The molecule has 2 N–H and O–H groups in total. The van der Waals surface area contributed by atoms with Gasteiger partial charge in [-0.2, -0.15) is 5.10 Å². The lowest BCUT2D eigenvalue weighted by Crippen LogP contribution is -2.34. The lowest BCUT2D eigenvalue weighted by atomic mass is 10.1. The number of aromatic nitrogens is 3. The molecule has 0 saturated heterocycles. The minimum absolute atomic E-state index is 0.225. The van der Waals surface area contributed by atoms with Gasteiger partial charge >= 0.3 is 0 Å². The second kappa shape index (κ2) is 7.31. The minimum Gasteiger partial charge on any atom is -0.467 e. The summed E-state index contributed by atoms with van der Waals surface area (Å²) in [5, 5.41) is 17.3. The van der Waals surface area contributed by atoms with E-state index in [1.807, 2.05) is 26.0 Å². The molecular weight excluding hydrogens is 320 g/mol. The lowest BCUT2D eigenvalue weighted by molar-refractivity contribution is 0.0902. The number of aliphatic hydroxyl groups is 1. The van der Waals surface area contributed by atoms with Crippen molar-refractivity contribution < 1.29 is 14.3 Å². The van der Waals surface area contributed by atoms with Gasteiger partial charge in [-0.25, -0.2) is 4.68 Å². The zero-order valence-electron chi connectivity index (χ0n) is 14.1. The monoisotopic (exact) mass is 340 g/mol. The standard InChI is InChI=1S/C18H20N4O3/c1-12(10-16(23)17-4-3-9-25-17)21-18(24)15-11-20-22(13(15)2)14-5-7-19-8-6-14/h3-9,11-12,16,23H,10H2,1-2H3,(H,21,24). The normalized spacial score (nSPS) is 13.4. The molecule has 0 spiro atoms. The number of aliphatic hydroxyl groups excluding tert-OH is 1. The SMILES string of the molecule is Cc1c(C(=O)NC(C)CC(O)c2ccco2)cnn1-c1ccncc1. The maximum atomic E-state index is 12.5. The van der Waals surface area contributed by atoms with Crippen LogP contribution in [-0.2, 0) is 0 Å². The Bertz CT molecular complexity index is 827. The highest BCUT2D eigenvalue weighted by Gasteiger charge is 2.20. The fourth-order valence-electron chi connectivity index (χ4n) is 2.67. The van der Waals surface area contributed by atoms with Crippen LogP contribution in [0.5, 0.6) is 0 Å². The number of pyridine rings is 1. The van der Waals surface area contributed by atoms with Gasteiger partial charge in [-0.05, 0) is 38.1 Å². The largest absolute Gasteiger partial charge is 0.467 e. The zero-order valence-corrected chi connectivity index (χ0v) is 14.1. The first kappa shape index (κ1) is 16.9. The van der Waals surface area contributed by atoms with Crippen LogP contribution in [0.2, 0.25) is 0 Å². The first-order valence-corrected chi connectivity index (χ1v) is 8.03. The molecule has 0 saturated carbocycles. The number of furan rings is 1. The van der Waals surface area contributed by atoms with E-state index in [-0.39, 0.29) is 11.9 Å². The number of carbonyl (C=O) groups is 1. The van der Waals surface area contributed by atoms with Gasteiger partial charge in [0.15, 0.2) is 0 Å². The Morgan fingerprint density at radius 1 is 1.36 bits per heavy atom. The Balaban J connectivity index is 1.66. The average Bonchev–Trinajstić information content (AvgIpc) is 3.25. The molecule has 0 aliphatic heterocycles. The van der Waals surface area contributed by atoms with E-state index in [0.717, 1.165) is 11.4 Å². The smallest absolute Gasteiger partial charge is 0.254 e. The zero-order chi connectivity index (χ0) is 17.8. The number of amides is 1. The molecule has 0 fully saturated rings. The van der Waals surface area contributed by atoms with Gasteiger partial charge in [0.25, 0.3) is 5.91 Å². The van der Waals surface area contributed by atoms with E-state index in [1.165, 1.54) is 6.26 Å². The van der Waals surface area contributed by atoms with Crippen molar-refractivity contribution in [3.63, 3.8) is 0 Å². The van der Waals surface area contributed by atoms with Crippen LogP contribution in [0.4, 0.5) is 0 Å². The fraction of sp³-hybridized carbons (Fsp3) is 0.278. The van der Waals surface area contributed by atoms with Crippen LogP contribution in [0.25, 0.3) is 5.69 Å². The molecule has 3 heterocycles. The highest BCUT2D eigenvalue weighted by atomic mass is 16.4. The summed E-state index contributed by atoms with van der Waals surface area (Å²) >= 11 is 0. The molecule has 2 atom stereocenters. The molecule has 0 aliphatic carbocycles. The van der Waals surface area contributed by atoms with E-state index in [9.17, 15) is 9.90 Å². The molecule has 0 aliphatic rings.